The molecule has 2 aliphatic rings. The third-order valence-corrected chi connectivity index (χ3v) is 5.32. The van der Waals surface area contributed by atoms with Crippen LogP contribution in [-0.2, 0) is 16.1 Å². The maximum absolute atomic E-state index is 12.9. The first-order valence-corrected chi connectivity index (χ1v) is 9.85. The van der Waals surface area contributed by atoms with Crippen LogP contribution in [0.25, 0.3) is 0 Å². The lowest BCUT2D eigenvalue weighted by Gasteiger charge is -2.27. The fourth-order valence-corrected chi connectivity index (χ4v) is 3.54. The van der Waals surface area contributed by atoms with Crippen molar-refractivity contribution in [2.24, 2.45) is 5.92 Å². The number of hydrogen-bond donors (Lipinski definition) is 0. The minimum Gasteiger partial charge on any atom is -0.491 e. The Kier molecular flexibility index (Phi) is 6.35. The topological polar surface area (TPSA) is 38.8 Å². The average molecular weight is 345 g/mol. The zero-order valence-electron chi connectivity index (χ0n) is 15.6. The molecule has 3 rings (SSSR count). The number of carbonyl (C=O) groups is 1. The number of amides is 1. The zero-order chi connectivity index (χ0) is 17.6. The maximum Gasteiger partial charge on any atom is 0.226 e. The Morgan fingerprint density at radius 2 is 2.08 bits per heavy atom. The molecule has 0 bridgehead atoms. The lowest BCUT2D eigenvalue weighted by Crippen LogP contribution is -2.37. The fraction of sp³-hybridized carbons (Fsp3) is 0.667. The highest BCUT2D eigenvalue weighted by Crippen LogP contribution is 2.31. The molecular weight excluding hydrogens is 314 g/mol. The van der Waals surface area contributed by atoms with E-state index in [9.17, 15) is 4.79 Å². The van der Waals surface area contributed by atoms with Gasteiger partial charge in [0, 0.05) is 25.1 Å². The molecular formula is C21H31NO3. The van der Waals surface area contributed by atoms with Gasteiger partial charge < -0.3 is 14.4 Å². The molecule has 0 N–H and O–H groups in total. The largest absolute Gasteiger partial charge is 0.491 e. The number of rotatable bonds is 9. The molecule has 4 heteroatoms. The van der Waals surface area contributed by atoms with Gasteiger partial charge >= 0.3 is 0 Å². The second-order valence-electron chi connectivity index (χ2n) is 7.30. The van der Waals surface area contributed by atoms with E-state index < -0.39 is 0 Å². The Labute approximate surface area is 151 Å². The standard InChI is InChI=1S/C21H31NO3/c1-3-17(4-2)21(23)22(18-10-11-18)14-16-7-5-8-19(13-16)25-15-20-9-6-12-24-20/h5,7-8,13,17-18,20H,3-4,6,9-12,14-15H2,1-2H3/t20-/m0/s1. The maximum atomic E-state index is 12.9. The number of benzene rings is 1. The quantitative estimate of drug-likeness (QED) is 0.674. The normalized spacial score (nSPS) is 20.0. The van der Waals surface area contributed by atoms with Crippen molar-refractivity contribution in [1.82, 2.24) is 4.90 Å². The van der Waals surface area contributed by atoms with E-state index in [0.29, 0.717) is 25.1 Å². The molecule has 0 radical (unpaired) electrons. The Morgan fingerprint density at radius 1 is 1.28 bits per heavy atom. The number of nitrogens with zero attached hydrogens (tertiary/aromatic N) is 1. The molecule has 0 spiro atoms. The van der Waals surface area contributed by atoms with Crippen LogP contribution < -0.4 is 4.74 Å². The Balaban J connectivity index is 1.61. The molecule has 1 atom stereocenters. The van der Waals surface area contributed by atoms with E-state index in [2.05, 4.69) is 30.9 Å². The van der Waals surface area contributed by atoms with Gasteiger partial charge in [-0.3, -0.25) is 4.79 Å². The summed E-state index contributed by atoms with van der Waals surface area (Å²) in [4.78, 5) is 14.9. The molecule has 1 aliphatic heterocycles. The van der Waals surface area contributed by atoms with Crippen LogP contribution in [0.1, 0.15) is 57.9 Å². The van der Waals surface area contributed by atoms with E-state index in [1.54, 1.807) is 0 Å². The molecule has 1 aromatic rings. The molecule has 4 nitrogen and oxygen atoms in total. The van der Waals surface area contributed by atoms with E-state index in [1.165, 1.54) is 0 Å². The molecule has 2 fully saturated rings. The van der Waals surface area contributed by atoms with Crippen LogP contribution in [0, 0.1) is 5.92 Å². The van der Waals surface area contributed by atoms with Crippen molar-refractivity contribution in [3.05, 3.63) is 29.8 Å². The number of ether oxygens (including phenoxy) is 2. The van der Waals surface area contributed by atoms with Crippen LogP contribution in [0.2, 0.25) is 0 Å². The summed E-state index contributed by atoms with van der Waals surface area (Å²) >= 11 is 0. The van der Waals surface area contributed by atoms with Crippen molar-refractivity contribution in [2.75, 3.05) is 13.2 Å². The number of carbonyl (C=O) groups excluding carboxylic acids is 1. The van der Waals surface area contributed by atoms with Gasteiger partial charge in [0.15, 0.2) is 0 Å². The molecule has 1 aliphatic carbocycles. The molecule has 1 aromatic carbocycles. The Hall–Kier alpha value is -1.55. The second-order valence-corrected chi connectivity index (χ2v) is 7.30. The molecule has 1 amide bonds. The van der Waals surface area contributed by atoms with Gasteiger partial charge in [-0.15, -0.1) is 0 Å². The predicted molar refractivity (Wildman–Crippen MR) is 98.6 cm³/mol. The SMILES string of the molecule is CCC(CC)C(=O)N(Cc1cccc(OC[C@@H]2CCCO2)c1)C1CC1. The van der Waals surface area contributed by atoms with Crippen molar-refractivity contribution in [3.63, 3.8) is 0 Å². The smallest absolute Gasteiger partial charge is 0.226 e. The first kappa shape index (κ1) is 18.2. The van der Waals surface area contributed by atoms with E-state index in [4.69, 9.17) is 9.47 Å². The predicted octanol–water partition coefficient (Wildman–Crippen LogP) is 4.17. The summed E-state index contributed by atoms with van der Waals surface area (Å²) in [5, 5.41) is 0. The highest BCUT2D eigenvalue weighted by molar-refractivity contribution is 5.79. The van der Waals surface area contributed by atoms with Crippen LogP contribution >= 0.6 is 0 Å². The first-order chi connectivity index (χ1) is 12.2. The summed E-state index contributed by atoms with van der Waals surface area (Å²) < 4.78 is 11.5. The zero-order valence-corrected chi connectivity index (χ0v) is 15.6. The van der Waals surface area contributed by atoms with Crippen molar-refractivity contribution in [1.29, 1.82) is 0 Å². The Bertz CT molecular complexity index is 560. The summed E-state index contributed by atoms with van der Waals surface area (Å²) in [6.07, 6.45) is 6.55. The summed E-state index contributed by atoms with van der Waals surface area (Å²) in [5.41, 5.74) is 1.15. The van der Waals surface area contributed by atoms with Crippen molar-refractivity contribution < 1.29 is 14.3 Å². The Morgan fingerprint density at radius 3 is 2.72 bits per heavy atom. The van der Waals surface area contributed by atoms with E-state index >= 15 is 0 Å². The van der Waals surface area contributed by atoms with Gasteiger partial charge in [-0.1, -0.05) is 26.0 Å². The van der Waals surface area contributed by atoms with Crippen LogP contribution in [-0.4, -0.2) is 36.2 Å². The third kappa shape index (κ3) is 4.97. The van der Waals surface area contributed by atoms with Crippen molar-refractivity contribution in [2.45, 2.75) is 71.1 Å². The van der Waals surface area contributed by atoms with Crippen LogP contribution in [0.5, 0.6) is 5.75 Å². The highest BCUT2D eigenvalue weighted by atomic mass is 16.5. The fourth-order valence-electron chi connectivity index (χ4n) is 3.54. The van der Waals surface area contributed by atoms with Gasteiger partial charge in [-0.2, -0.15) is 0 Å². The van der Waals surface area contributed by atoms with Gasteiger partial charge in [0.1, 0.15) is 12.4 Å². The summed E-state index contributed by atoms with van der Waals surface area (Å²) in [7, 11) is 0. The average Bonchev–Trinajstić information content (AvgIpc) is 3.34. The molecule has 25 heavy (non-hydrogen) atoms. The highest BCUT2D eigenvalue weighted by Gasteiger charge is 2.34. The second kappa shape index (κ2) is 8.70. The number of hydrogen-bond acceptors (Lipinski definition) is 3. The van der Waals surface area contributed by atoms with Gasteiger partial charge in [-0.25, -0.2) is 0 Å². The molecule has 1 saturated heterocycles. The van der Waals surface area contributed by atoms with Gasteiger partial charge in [-0.05, 0) is 56.2 Å². The molecule has 1 saturated carbocycles. The summed E-state index contributed by atoms with van der Waals surface area (Å²) in [6.45, 7) is 6.37. The van der Waals surface area contributed by atoms with Crippen molar-refractivity contribution >= 4 is 5.91 Å². The third-order valence-electron chi connectivity index (χ3n) is 5.32. The van der Waals surface area contributed by atoms with Gasteiger partial charge in [0.2, 0.25) is 5.91 Å². The van der Waals surface area contributed by atoms with Gasteiger partial charge in [0.05, 0.1) is 6.10 Å². The molecule has 138 valence electrons. The molecule has 0 unspecified atom stereocenters. The summed E-state index contributed by atoms with van der Waals surface area (Å²) in [6, 6.07) is 8.61. The minimum atomic E-state index is 0.152. The molecule has 0 aromatic heterocycles. The van der Waals surface area contributed by atoms with E-state index in [1.807, 2.05) is 12.1 Å². The minimum absolute atomic E-state index is 0.152. The monoisotopic (exact) mass is 345 g/mol. The molecule has 1 heterocycles. The van der Waals surface area contributed by atoms with Crippen LogP contribution in [0.15, 0.2) is 24.3 Å². The van der Waals surface area contributed by atoms with Gasteiger partial charge in [0.25, 0.3) is 0 Å². The van der Waals surface area contributed by atoms with Crippen LogP contribution in [0.3, 0.4) is 0 Å². The lowest BCUT2D eigenvalue weighted by molar-refractivity contribution is -0.137. The van der Waals surface area contributed by atoms with Crippen LogP contribution in [0.4, 0.5) is 0 Å². The van der Waals surface area contributed by atoms with Crippen molar-refractivity contribution in [3.8, 4) is 5.75 Å². The van der Waals surface area contributed by atoms with E-state index in [-0.39, 0.29) is 12.0 Å². The lowest BCUT2D eigenvalue weighted by atomic mass is 10.0. The summed E-state index contributed by atoms with van der Waals surface area (Å²) in [5.74, 6) is 1.34. The van der Waals surface area contributed by atoms with E-state index in [0.717, 1.165) is 56.4 Å². The first-order valence-electron chi connectivity index (χ1n) is 9.85.